The molecule has 0 aliphatic carbocycles. The smallest absolute Gasteiger partial charge is 0.326 e. The summed E-state index contributed by atoms with van der Waals surface area (Å²) >= 11 is 0. The van der Waals surface area contributed by atoms with Crippen molar-refractivity contribution >= 4 is 12.0 Å². The Kier molecular flexibility index (Phi) is 5.70. The molecule has 1 unspecified atom stereocenters. The van der Waals surface area contributed by atoms with Crippen molar-refractivity contribution in [2.45, 2.75) is 18.9 Å². The predicted molar refractivity (Wildman–Crippen MR) is 65.8 cm³/mol. The Labute approximate surface area is 113 Å². The second kappa shape index (κ2) is 7.27. The molecule has 20 heavy (non-hydrogen) atoms. The summed E-state index contributed by atoms with van der Waals surface area (Å²) in [7, 11) is 0. The van der Waals surface area contributed by atoms with Gasteiger partial charge in [-0.15, -0.1) is 0 Å². The summed E-state index contributed by atoms with van der Waals surface area (Å²) in [5.74, 6) is -1.26. The van der Waals surface area contributed by atoms with Crippen LogP contribution in [0.1, 0.15) is 5.56 Å². The van der Waals surface area contributed by atoms with Crippen LogP contribution in [0.4, 0.5) is 13.6 Å². The zero-order valence-corrected chi connectivity index (χ0v) is 10.3. The van der Waals surface area contributed by atoms with Crippen molar-refractivity contribution in [2.24, 2.45) is 0 Å². The minimum absolute atomic E-state index is 0.0300. The number of carbonyl (C=O) groups excluding carboxylic acids is 1. The average molecular weight is 288 g/mol. The summed E-state index contributed by atoms with van der Waals surface area (Å²) < 4.78 is 23.8. The molecule has 8 heteroatoms. The maximum Gasteiger partial charge on any atom is 0.326 e. The van der Waals surface area contributed by atoms with Crippen molar-refractivity contribution in [1.82, 2.24) is 10.6 Å². The van der Waals surface area contributed by atoms with Gasteiger partial charge in [0, 0.05) is 6.42 Å². The minimum atomic E-state index is -2.71. The van der Waals surface area contributed by atoms with Crippen LogP contribution in [0.2, 0.25) is 0 Å². The lowest BCUT2D eigenvalue weighted by Gasteiger charge is -2.15. The third kappa shape index (κ3) is 5.51. The molecule has 0 bridgehead atoms. The molecule has 4 N–H and O–H groups in total. The standard InChI is InChI=1S/C12H14F2N2O4/c13-10(14)6-15-12(20)16-9(11(18)19)5-7-1-3-8(17)4-2-7/h1-4,9-10,17H,5-6H2,(H,18,19)(H2,15,16,20). The van der Waals surface area contributed by atoms with Crippen LogP contribution in [-0.4, -0.2) is 41.2 Å². The van der Waals surface area contributed by atoms with Gasteiger partial charge in [-0.05, 0) is 17.7 Å². The van der Waals surface area contributed by atoms with Crippen molar-refractivity contribution < 1.29 is 28.6 Å². The van der Waals surface area contributed by atoms with Crippen LogP contribution in [0.5, 0.6) is 5.75 Å². The number of carboxylic acids is 1. The summed E-state index contributed by atoms with van der Waals surface area (Å²) in [6, 6.07) is 3.54. The highest BCUT2D eigenvalue weighted by atomic mass is 19.3. The lowest BCUT2D eigenvalue weighted by Crippen LogP contribution is -2.48. The summed E-state index contributed by atoms with van der Waals surface area (Å²) in [5.41, 5.74) is 0.573. The zero-order chi connectivity index (χ0) is 15.1. The number of amides is 2. The van der Waals surface area contributed by atoms with E-state index in [4.69, 9.17) is 10.2 Å². The Morgan fingerprint density at radius 3 is 2.30 bits per heavy atom. The Morgan fingerprint density at radius 2 is 1.80 bits per heavy atom. The van der Waals surface area contributed by atoms with Crippen molar-refractivity contribution in [3.05, 3.63) is 29.8 Å². The number of phenolic OH excluding ortho intramolecular Hbond substituents is 1. The van der Waals surface area contributed by atoms with E-state index in [-0.39, 0.29) is 12.2 Å². The van der Waals surface area contributed by atoms with Crippen LogP contribution in [0, 0.1) is 0 Å². The number of carboxylic acid groups (broad SMARTS) is 1. The molecule has 1 aromatic carbocycles. The van der Waals surface area contributed by atoms with Crippen LogP contribution in [0.3, 0.4) is 0 Å². The van der Waals surface area contributed by atoms with E-state index in [1.165, 1.54) is 24.3 Å². The first kappa shape index (κ1) is 15.7. The van der Waals surface area contributed by atoms with Gasteiger partial charge in [-0.1, -0.05) is 12.1 Å². The number of hydrogen-bond acceptors (Lipinski definition) is 3. The second-order valence-corrected chi connectivity index (χ2v) is 4.01. The topological polar surface area (TPSA) is 98.7 Å². The number of urea groups is 1. The second-order valence-electron chi connectivity index (χ2n) is 4.01. The van der Waals surface area contributed by atoms with Crippen LogP contribution >= 0.6 is 0 Å². The van der Waals surface area contributed by atoms with Crippen molar-refractivity contribution in [3.8, 4) is 5.75 Å². The molecule has 0 aliphatic rings. The Hall–Kier alpha value is -2.38. The van der Waals surface area contributed by atoms with Gasteiger partial charge in [0.2, 0.25) is 0 Å². The molecule has 0 heterocycles. The molecule has 0 aromatic heterocycles. The molecule has 2 amide bonds. The highest BCUT2D eigenvalue weighted by molar-refractivity contribution is 5.82. The average Bonchev–Trinajstić information content (AvgIpc) is 2.38. The third-order valence-electron chi connectivity index (χ3n) is 2.40. The first-order chi connectivity index (χ1) is 9.38. The third-order valence-corrected chi connectivity index (χ3v) is 2.40. The monoisotopic (exact) mass is 288 g/mol. The quantitative estimate of drug-likeness (QED) is 0.626. The van der Waals surface area contributed by atoms with Crippen LogP contribution in [-0.2, 0) is 11.2 Å². The molecule has 0 spiro atoms. The fourth-order valence-electron chi connectivity index (χ4n) is 1.45. The molecule has 0 saturated heterocycles. The maximum absolute atomic E-state index is 11.9. The molecular weight excluding hydrogens is 274 g/mol. The van der Waals surface area contributed by atoms with Crippen molar-refractivity contribution in [1.29, 1.82) is 0 Å². The van der Waals surface area contributed by atoms with Gasteiger partial charge in [0.15, 0.2) is 0 Å². The maximum atomic E-state index is 11.9. The fraction of sp³-hybridized carbons (Fsp3) is 0.333. The van der Waals surface area contributed by atoms with Crippen molar-refractivity contribution in [3.63, 3.8) is 0 Å². The van der Waals surface area contributed by atoms with E-state index in [2.05, 4.69) is 5.32 Å². The number of aromatic hydroxyl groups is 1. The molecule has 0 saturated carbocycles. The number of benzene rings is 1. The number of carbonyl (C=O) groups is 2. The number of nitrogens with one attached hydrogen (secondary N) is 2. The number of hydrogen-bond donors (Lipinski definition) is 4. The Morgan fingerprint density at radius 1 is 1.20 bits per heavy atom. The van der Waals surface area contributed by atoms with E-state index in [0.717, 1.165) is 0 Å². The van der Waals surface area contributed by atoms with E-state index in [1.54, 1.807) is 0 Å². The Bertz CT molecular complexity index is 465. The number of alkyl halides is 2. The normalized spacial score (nSPS) is 11.9. The van der Waals surface area contributed by atoms with E-state index >= 15 is 0 Å². The van der Waals surface area contributed by atoms with Gasteiger partial charge in [0.25, 0.3) is 6.43 Å². The minimum Gasteiger partial charge on any atom is -0.508 e. The summed E-state index contributed by atoms with van der Waals surface area (Å²) in [5, 5.41) is 22.0. The van der Waals surface area contributed by atoms with Crippen LogP contribution in [0.25, 0.3) is 0 Å². The molecule has 0 radical (unpaired) electrons. The van der Waals surface area contributed by atoms with E-state index in [1.807, 2.05) is 5.32 Å². The van der Waals surface area contributed by atoms with Gasteiger partial charge < -0.3 is 20.8 Å². The molecule has 0 aliphatic heterocycles. The molecule has 1 aromatic rings. The van der Waals surface area contributed by atoms with Gasteiger partial charge in [-0.25, -0.2) is 18.4 Å². The van der Waals surface area contributed by atoms with Crippen molar-refractivity contribution in [2.75, 3.05) is 6.54 Å². The van der Waals surface area contributed by atoms with Crippen LogP contribution in [0.15, 0.2) is 24.3 Å². The predicted octanol–water partition coefficient (Wildman–Crippen LogP) is 0.952. The first-order valence-corrected chi connectivity index (χ1v) is 5.71. The zero-order valence-electron chi connectivity index (χ0n) is 10.3. The number of halogens is 2. The largest absolute Gasteiger partial charge is 0.508 e. The lowest BCUT2D eigenvalue weighted by atomic mass is 10.1. The highest BCUT2D eigenvalue weighted by Gasteiger charge is 2.20. The Balaban J connectivity index is 2.58. The van der Waals surface area contributed by atoms with Gasteiger partial charge in [0.1, 0.15) is 11.8 Å². The molecule has 6 nitrogen and oxygen atoms in total. The highest BCUT2D eigenvalue weighted by Crippen LogP contribution is 2.11. The lowest BCUT2D eigenvalue weighted by molar-refractivity contribution is -0.139. The fourth-order valence-corrected chi connectivity index (χ4v) is 1.45. The molecule has 0 fully saturated rings. The number of phenols is 1. The summed E-state index contributed by atoms with van der Waals surface area (Å²) in [6.07, 6.45) is -2.74. The van der Waals surface area contributed by atoms with Crippen LogP contribution < -0.4 is 10.6 Å². The van der Waals surface area contributed by atoms with E-state index in [9.17, 15) is 18.4 Å². The number of rotatable bonds is 6. The van der Waals surface area contributed by atoms with Gasteiger partial charge in [-0.2, -0.15) is 0 Å². The van der Waals surface area contributed by atoms with Gasteiger partial charge in [-0.3, -0.25) is 0 Å². The first-order valence-electron chi connectivity index (χ1n) is 5.71. The van der Waals surface area contributed by atoms with Gasteiger partial charge >= 0.3 is 12.0 Å². The van der Waals surface area contributed by atoms with E-state index in [0.29, 0.717) is 5.56 Å². The summed E-state index contributed by atoms with van der Waals surface area (Å²) in [4.78, 5) is 22.3. The van der Waals surface area contributed by atoms with Gasteiger partial charge in [0.05, 0.1) is 6.54 Å². The number of aliphatic carboxylic acids is 1. The molecule has 1 atom stereocenters. The molecular formula is C12H14F2N2O4. The molecule has 1 rings (SSSR count). The molecule has 110 valence electrons. The SMILES string of the molecule is O=C(NCC(F)F)NC(Cc1ccc(O)cc1)C(=O)O. The summed E-state index contributed by atoms with van der Waals surface area (Å²) in [6.45, 7) is -0.850. The van der Waals surface area contributed by atoms with E-state index < -0.39 is 31.0 Å².